The number of fused-ring (bicyclic) bond motifs is 8. The zero-order chi connectivity index (χ0) is 26.8. The molecule has 2 aromatic rings. The van der Waals surface area contributed by atoms with Crippen molar-refractivity contribution >= 4 is 21.6 Å². The van der Waals surface area contributed by atoms with E-state index in [1.807, 2.05) is 6.07 Å². The van der Waals surface area contributed by atoms with E-state index < -0.39 is 0 Å². The lowest BCUT2D eigenvalue weighted by molar-refractivity contribution is -0.0224. The molecule has 7 unspecified atom stereocenters. The topological polar surface area (TPSA) is 32.3 Å². The zero-order valence-corrected chi connectivity index (χ0v) is 25.5. The minimum atomic E-state index is 0.431. The summed E-state index contributed by atoms with van der Waals surface area (Å²) in [5.41, 5.74) is 5.76. The van der Waals surface area contributed by atoms with Crippen LogP contribution in [0.4, 0.5) is 0 Å². The molecule has 0 saturated heterocycles. The van der Waals surface area contributed by atoms with Crippen molar-refractivity contribution < 1.29 is 5.11 Å². The van der Waals surface area contributed by atoms with E-state index in [0.29, 0.717) is 17.2 Å². The molecule has 0 radical (unpaired) electrons. The summed E-state index contributed by atoms with van der Waals surface area (Å²) in [5.74, 6) is 6.84. The first-order valence-electron chi connectivity index (χ1n) is 15.5. The van der Waals surface area contributed by atoms with Crippen LogP contribution in [0.5, 0.6) is 5.75 Å². The smallest absolute Gasteiger partial charge is 0.116 e. The van der Waals surface area contributed by atoms with Gasteiger partial charge in [0.05, 0.1) is 0 Å². The fourth-order valence-electron chi connectivity index (χ4n) is 8.70. The molecule has 3 aliphatic carbocycles. The summed E-state index contributed by atoms with van der Waals surface area (Å²) in [6.45, 7) is 5.71. The Bertz CT molecular complexity index is 1160. The summed E-state index contributed by atoms with van der Waals surface area (Å²) in [5, 5.41) is 14.6. The average Bonchev–Trinajstić information content (AvgIpc) is 2.90. The number of phenolic OH excluding ortho intramolecular Hbond substituents is 1. The van der Waals surface area contributed by atoms with Gasteiger partial charge in [0.2, 0.25) is 0 Å². The van der Waals surface area contributed by atoms with E-state index in [4.69, 9.17) is 0 Å². The molecule has 4 bridgehead atoms. The predicted molar refractivity (Wildman–Crippen MR) is 169 cm³/mol. The van der Waals surface area contributed by atoms with Crippen molar-refractivity contribution in [2.24, 2.45) is 35.0 Å². The van der Waals surface area contributed by atoms with E-state index >= 15 is 0 Å². The molecule has 2 fully saturated rings. The Balaban J connectivity index is 1.33. The lowest BCUT2D eigenvalue weighted by Crippen LogP contribution is -2.47. The number of nitrogens with one attached hydrogen (secondary N) is 1. The fourth-order valence-corrected chi connectivity index (χ4v) is 11.4. The van der Waals surface area contributed by atoms with Crippen LogP contribution in [-0.4, -0.2) is 22.7 Å². The third-order valence-corrected chi connectivity index (χ3v) is 13.1. The van der Waals surface area contributed by atoms with E-state index in [1.54, 1.807) is 0 Å². The Labute approximate surface area is 244 Å². The summed E-state index contributed by atoms with van der Waals surface area (Å²) >= 11 is 0. The van der Waals surface area contributed by atoms with Gasteiger partial charge in [0.1, 0.15) is 5.75 Å². The maximum absolute atomic E-state index is 10.8. The van der Waals surface area contributed by atoms with Gasteiger partial charge in [-0.15, -0.1) is 0 Å². The Hall–Kier alpha value is -1.36. The SMILES string of the molecule is CC1CC=CC2(CCCC3C4Cc5cc(O)cc(c5)Cc5ccccc5CNC(C)CSSCC(C4)CC32)C1. The second-order valence-electron chi connectivity index (χ2n) is 13.4. The van der Waals surface area contributed by atoms with Gasteiger partial charge in [-0.2, -0.15) is 0 Å². The quantitative estimate of drug-likeness (QED) is 0.249. The highest BCUT2D eigenvalue weighted by molar-refractivity contribution is 8.76. The third-order valence-electron chi connectivity index (χ3n) is 10.4. The molecule has 2 saturated carbocycles. The van der Waals surface area contributed by atoms with Gasteiger partial charge in [-0.1, -0.05) is 77.4 Å². The van der Waals surface area contributed by atoms with Gasteiger partial charge < -0.3 is 10.4 Å². The molecule has 4 heteroatoms. The van der Waals surface area contributed by atoms with Crippen LogP contribution >= 0.6 is 21.6 Å². The number of hydrogen-bond acceptors (Lipinski definition) is 4. The second-order valence-corrected chi connectivity index (χ2v) is 16.0. The van der Waals surface area contributed by atoms with E-state index in [-0.39, 0.29) is 0 Å². The maximum atomic E-state index is 10.8. The Morgan fingerprint density at radius 2 is 1.79 bits per heavy atom. The predicted octanol–water partition coefficient (Wildman–Crippen LogP) is 8.81. The van der Waals surface area contributed by atoms with Gasteiger partial charge >= 0.3 is 0 Å². The van der Waals surface area contributed by atoms with Gasteiger partial charge in [0, 0.05) is 24.1 Å². The molecule has 4 aliphatic rings. The molecule has 1 heterocycles. The van der Waals surface area contributed by atoms with Crippen molar-refractivity contribution in [1.29, 1.82) is 0 Å². The van der Waals surface area contributed by atoms with Crippen LogP contribution < -0.4 is 5.32 Å². The minimum Gasteiger partial charge on any atom is -0.508 e. The molecular weight excluding hydrogens is 515 g/mol. The largest absolute Gasteiger partial charge is 0.508 e. The first-order valence-corrected chi connectivity index (χ1v) is 18.0. The van der Waals surface area contributed by atoms with Crippen molar-refractivity contribution in [3.8, 4) is 5.75 Å². The van der Waals surface area contributed by atoms with E-state index in [1.165, 1.54) is 73.0 Å². The highest BCUT2D eigenvalue weighted by Crippen LogP contribution is 2.59. The molecule has 2 aromatic carbocycles. The van der Waals surface area contributed by atoms with E-state index in [0.717, 1.165) is 54.7 Å². The van der Waals surface area contributed by atoms with Crippen LogP contribution in [0, 0.1) is 35.0 Å². The summed E-state index contributed by atoms with van der Waals surface area (Å²) in [7, 11) is 4.20. The molecule has 2 N–H and O–H groups in total. The maximum Gasteiger partial charge on any atom is 0.116 e. The normalized spacial score (nSPS) is 35.5. The molecule has 1 spiro atoms. The second kappa shape index (κ2) is 12.2. The lowest BCUT2D eigenvalue weighted by atomic mass is 9.50. The Morgan fingerprint density at radius 3 is 2.67 bits per heavy atom. The monoisotopic (exact) mass is 561 g/mol. The van der Waals surface area contributed by atoms with E-state index in [2.05, 4.69) is 89.3 Å². The van der Waals surface area contributed by atoms with Gasteiger partial charge in [-0.05, 0) is 128 Å². The highest BCUT2D eigenvalue weighted by Gasteiger charge is 2.50. The molecule has 6 rings (SSSR count). The van der Waals surface area contributed by atoms with Crippen LogP contribution in [0.3, 0.4) is 0 Å². The number of aromatic hydroxyl groups is 1. The average molecular weight is 562 g/mol. The van der Waals surface area contributed by atoms with Crippen molar-refractivity contribution in [3.63, 3.8) is 0 Å². The fraction of sp³-hybridized carbons (Fsp3) is 0.600. The molecule has 7 atom stereocenters. The number of benzene rings is 2. The summed E-state index contributed by atoms with van der Waals surface area (Å²) in [6.07, 6.45) is 16.8. The molecule has 210 valence electrons. The Kier molecular flexibility index (Phi) is 8.73. The standard InChI is InChI=1S/C35H47NOS2/c1-24-7-5-11-35(20-24)12-6-10-33-31-15-27-13-26(17-32(37)18-27)14-29-8-3-4-9-30(29)21-36-25(2)22-38-39-23-28(16-31)19-34(33)35/h3-5,8-9,11,13,17-18,24-25,28,31,33-34,36-37H,6-7,10,12,14-16,19-23H2,1-2H3. The molecule has 2 nitrogen and oxygen atoms in total. The van der Waals surface area contributed by atoms with Crippen LogP contribution in [0.15, 0.2) is 54.6 Å². The lowest BCUT2D eigenvalue weighted by Gasteiger charge is -2.55. The van der Waals surface area contributed by atoms with E-state index in [9.17, 15) is 5.11 Å². The first-order chi connectivity index (χ1) is 19.0. The van der Waals surface area contributed by atoms with Gasteiger partial charge in [0.15, 0.2) is 0 Å². The van der Waals surface area contributed by atoms with Gasteiger partial charge in [-0.3, -0.25) is 0 Å². The van der Waals surface area contributed by atoms with Gasteiger partial charge in [0.25, 0.3) is 0 Å². The summed E-state index contributed by atoms with van der Waals surface area (Å²) in [6, 6.07) is 15.8. The molecule has 0 aromatic heterocycles. The number of hydrogen-bond donors (Lipinski definition) is 2. The molecule has 39 heavy (non-hydrogen) atoms. The first kappa shape index (κ1) is 27.8. The minimum absolute atomic E-state index is 0.431. The van der Waals surface area contributed by atoms with Crippen LogP contribution in [-0.2, 0) is 19.4 Å². The molecule has 0 amide bonds. The number of rotatable bonds is 0. The number of allylic oxidation sites excluding steroid dienone is 2. The van der Waals surface area contributed by atoms with Crippen LogP contribution in [0.25, 0.3) is 0 Å². The van der Waals surface area contributed by atoms with Crippen LogP contribution in [0.2, 0.25) is 0 Å². The summed E-state index contributed by atoms with van der Waals surface area (Å²) < 4.78 is 0. The number of phenols is 1. The van der Waals surface area contributed by atoms with Crippen LogP contribution in [0.1, 0.15) is 81.0 Å². The highest BCUT2D eigenvalue weighted by atomic mass is 33.1. The Morgan fingerprint density at radius 1 is 0.974 bits per heavy atom. The van der Waals surface area contributed by atoms with Crippen molar-refractivity contribution in [1.82, 2.24) is 5.32 Å². The molecular formula is C35H47NOS2. The zero-order valence-electron chi connectivity index (χ0n) is 23.9. The van der Waals surface area contributed by atoms with Crippen molar-refractivity contribution in [3.05, 3.63) is 76.9 Å². The molecule has 1 aliphatic heterocycles. The summed E-state index contributed by atoms with van der Waals surface area (Å²) in [4.78, 5) is 0. The third kappa shape index (κ3) is 6.44. The van der Waals surface area contributed by atoms with Crippen molar-refractivity contribution in [2.45, 2.75) is 84.2 Å². The van der Waals surface area contributed by atoms with Crippen molar-refractivity contribution in [2.75, 3.05) is 11.5 Å². The van der Waals surface area contributed by atoms with Gasteiger partial charge in [-0.25, -0.2) is 0 Å².